The highest BCUT2D eigenvalue weighted by Crippen LogP contribution is 2.23. The Morgan fingerprint density at radius 2 is 2.17 bits per heavy atom. The standard InChI is InChI=1S/C18H19FN2O3/c1-13-16(3-2-8-20-13)24-12-18(22)21-9-10-23-17(11-21)14-4-6-15(19)7-5-14/h2-8,17H,9-12H2,1H3/t17-/m1/s1. The third-order valence-electron chi connectivity index (χ3n) is 3.97. The van der Waals surface area contributed by atoms with Crippen molar-refractivity contribution in [3.05, 3.63) is 59.7 Å². The smallest absolute Gasteiger partial charge is 0.260 e. The number of nitrogens with zero attached hydrogens (tertiary/aromatic N) is 2. The van der Waals surface area contributed by atoms with Crippen LogP contribution in [0, 0.1) is 12.7 Å². The van der Waals surface area contributed by atoms with Gasteiger partial charge in [0.2, 0.25) is 0 Å². The number of pyridine rings is 1. The average molecular weight is 330 g/mol. The maximum atomic E-state index is 13.0. The molecule has 1 aromatic carbocycles. The molecule has 0 bridgehead atoms. The zero-order chi connectivity index (χ0) is 16.9. The van der Waals surface area contributed by atoms with E-state index in [1.165, 1.54) is 12.1 Å². The summed E-state index contributed by atoms with van der Waals surface area (Å²) in [4.78, 5) is 18.2. The molecule has 1 amide bonds. The molecule has 1 aliphatic heterocycles. The first-order valence-electron chi connectivity index (χ1n) is 7.83. The Morgan fingerprint density at radius 1 is 1.38 bits per heavy atom. The minimum Gasteiger partial charge on any atom is -0.482 e. The molecule has 1 atom stereocenters. The van der Waals surface area contributed by atoms with Crippen molar-refractivity contribution in [1.29, 1.82) is 0 Å². The Balaban J connectivity index is 1.59. The van der Waals surface area contributed by atoms with Gasteiger partial charge in [0, 0.05) is 12.7 Å². The minimum atomic E-state index is -0.289. The highest BCUT2D eigenvalue weighted by Gasteiger charge is 2.25. The summed E-state index contributed by atoms with van der Waals surface area (Å²) < 4.78 is 24.3. The number of rotatable bonds is 4. The van der Waals surface area contributed by atoms with Crippen molar-refractivity contribution in [2.24, 2.45) is 0 Å². The summed E-state index contributed by atoms with van der Waals surface area (Å²) in [5.41, 5.74) is 1.61. The summed E-state index contributed by atoms with van der Waals surface area (Å²) in [5.74, 6) is 0.214. The predicted octanol–water partition coefficient (Wildman–Crippen LogP) is 2.51. The van der Waals surface area contributed by atoms with Gasteiger partial charge in [-0.2, -0.15) is 0 Å². The van der Waals surface area contributed by atoms with Gasteiger partial charge in [-0.05, 0) is 36.8 Å². The number of amides is 1. The Morgan fingerprint density at radius 3 is 2.92 bits per heavy atom. The largest absolute Gasteiger partial charge is 0.482 e. The lowest BCUT2D eigenvalue weighted by atomic mass is 10.1. The number of hydrogen-bond donors (Lipinski definition) is 0. The molecule has 1 aromatic heterocycles. The summed E-state index contributed by atoms with van der Waals surface area (Å²) in [6.07, 6.45) is 1.43. The van der Waals surface area contributed by atoms with Gasteiger partial charge in [0.15, 0.2) is 6.61 Å². The van der Waals surface area contributed by atoms with Gasteiger partial charge in [-0.15, -0.1) is 0 Å². The van der Waals surface area contributed by atoms with E-state index in [-0.39, 0.29) is 24.4 Å². The van der Waals surface area contributed by atoms with Gasteiger partial charge in [-0.3, -0.25) is 9.78 Å². The Labute approximate surface area is 140 Å². The fraction of sp³-hybridized carbons (Fsp3) is 0.333. The molecular formula is C18H19FN2O3. The molecule has 2 aromatic rings. The van der Waals surface area contributed by atoms with Gasteiger partial charge in [-0.25, -0.2) is 4.39 Å². The molecule has 1 fully saturated rings. The van der Waals surface area contributed by atoms with Crippen molar-refractivity contribution in [2.45, 2.75) is 13.0 Å². The van der Waals surface area contributed by atoms with E-state index in [2.05, 4.69) is 4.98 Å². The first-order chi connectivity index (χ1) is 11.6. The van der Waals surface area contributed by atoms with Crippen LogP contribution < -0.4 is 4.74 Å². The molecule has 0 spiro atoms. The Bertz CT molecular complexity index is 706. The topological polar surface area (TPSA) is 51.7 Å². The zero-order valence-electron chi connectivity index (χ0n) is 13.4. The van der Waals surface area contributed by atoms with Gasteiger partial charge < -0.3 is 14.4 Å². The highest BCUT2D eigenvalue weighted by atomic mass is 19.1. The summed E-state index contributed by atoms with van der Waals surface area (Å²) >= 11 is 0. The van der Waals surface area contributed by atoms with Crippen LogP contribution in [-0.2, 0) is 9.53 Å². The van der Waals surface area contributed by atoms with E-state index >= 15 is 0 Å². The van der Waals surface area contributed by atoms with Crippen LogP contribution in [0.3, 0.4) is 0 Å². The van der Waals surface area contributed by atoms with Crippen LogP contribution >= 0.6 is 0 Å². The summed E-state index contributed by atoms with van der Waals surface area (Å²) in [5, 5.41) is 0. The second-order valence-electron chi connectivity index (χ2n) is 5.63. The minimum absolute atomic E-state index is 0.0390. The van der Waals surface area contributed by atoms with Gasteiger partial charge in [0.1, 0.15) is 17.7 Å². The third kappa shape index (κ3) is 3.89. The van der Waals surface area contributed by atoms with Crippen LogP contribution in [-0.4, -0.2) is 42.1 Å². The maximum Gasteiger partial charge on any atom is 0.260 e. The van der Waals surface area contributed by atoms with Gasteiger partial charge in [0.25, 0.3) is 5.91 Å². The monoisotopic (exact) mass is 330 g/mol. The molecule has 6 heteroatoms. The number of morpholine rings is 1. The van der Waals surface area contributed by atoms with Crippen LogP contribution in [0.15, 0.2) is 42.6 Å². The van der Waals surface area contributed by atoms with Crippen molar-refractivity contribution < 1.29 is 18.7 Å². The van der Waals surface area contributed by atoms with Crippen molar-refractivity contribution in [3.63, 3.8) is 0 Å². The fourth-order valence-electron chi connectivity index (χ4n) is 2.61. The number of halogens is 1. The summed E-state index contributed by atoms with van der Waals surface area (Å²) in [6.45, 7) is 3.19. The van der Waals surface area contributed by atoms with E-state index in [1.807, 2.05) is 6.92 Å². The second kappa shape index (κ2) is 7.40. The van der Waals surface area contributed by atoms with Gasteiger partial charge in [0.05, 0.1) is 18.8 Å². The van der Waals surface area contributed by atoms with E-state index < -0.39 is 0 Å². The van der Waals surface area contributed by atoms with E-state index in [1.54, 1.807) is 35.4 Å². The van der Waals surface area contributed by atoms with Gasteiger partial charge in [-0.1, -0.05) is 12.1 Å². The number of aromatic nitrogens is 1. The van der Waals surface area contributed by atoms with Crippen LogP contribution in [0.25, 0.3) is 0 Å². The molecule has 0 radical (unpaired) electrons. The average Bonchev–Trinajstić information content (AvgIpc) is 2.61. The number of carbonyl (C=O) groups excluding carboxylic acids is 1. The Kier molecular flexibility index (Phi) is 5.05. The molecule has 0 unspecified atom stereocenters. The number of aryl methyl sites for hydroxylation is 1. The van der Waals surface area contributed by atoms with Crippen molar-refractivity contribution >= 4 is 5.91 Å². The van der Waals surface area contributed by atoms with E-state index in [0.29, 0.717) is 25.4 Å². The molecule has 24 heavy (non-hydrogen) atoms. The zero-order valence-corrected chi connectivity index (χ0v) is 13.4. The van der Waals surface area contributed by atoms with Crippen LogP contribution in [0.5, 0.6) is 5.75 Å². The Hall–Kier alpha value is -2.47. The summed E-state index contributed by atoms with van der Waals surface area (Å²) in [7, 11) is 0. The molecule has 3 rings (SSSR count). The van der Waals surface area contributed by atoms with Crippen LogP contribution in [0.1, 0.15) is 17.4 Å². The molecule has 0 N–H and O–H groups in total. The van der Waals surface area contributed by atoms with Crippen molar-refractivity contribution in [3.8, 4) is 5.75 Å². The highest BCUT2D eigenvalue weighted by molar-refractivity contribution is 5.78. The lowest BCUT2D eigenvalue weighted by Crippen LogP contribution is -2.44. The van der Waals surface area contributed by atoms with Crippen molar-refractivity contribution in [2.75, 3.05) is 26.3 Å². The van der Waals surface area contributed by atoms with Crippen molar-refractivity contribution in [1.82, 2.24) is 9.88 Å². The predicted molar refractivity (Wildman–Crippen MR) is 86.1 cm³/mol. The molecule has 2 heterocycles. The molecule has 126 valence electrons. The number of hydrogen-bond acceptors (Lipinski definition) is 4. The molecule has 1 saturated heterocycles. The maximum absolute atomic E-state index is 13.0. The third-order valence-corrected chi connectivity index (χ3v) is 3.97. The lowest BCUT2D eigenvalue weighted by molar-refractivity contribution is -0.141. The second-order valence-corrected chi connectivity index (χ2v) is 5.63. The first-order valence-corrected chi connectivity index (χ1v) is 7.83. The van der Waals surface area contributed by atoms with E-state index in [9.17, 15) is 9.18 Å². The number of ether oxygens (including phenoxy) is 2. The SMILES string of the molecule is Cc1ncccc1OCC(=O)N1CCO[C@@H](c2ccc(F)cc2)C1. The first kappa shape index (κ1) is 16.4. The van der Waals surface area contributed by atoms with E-state index in [4.69, 9.17) is 9.47 Å². The van der Waals surface area contributed by atoms with Crippen LogP contribution in [0.2, 0.25) is 0 Å². The van der Waals surface area contributed by atoms with Crippen LogP contribution in [0.4, 0.5) is 4.39 Å². The van der Waals surface area contributed by atoms with E-state index in [0.717, 1.165) is 11.3 Å². The normalized spacial score (nSPS) is 17.6. The fourth-order valence-corrected chi connectivity index (χ4v) is 2.61. The molecule has 0 aliphatic carbocycles. The molecule has 1 aliphatic rings. The molecule has 0 saturated carbocycles. The van der Waals surface area contributed by atoms with Gasteiger partial charge >= 0.3 is 0 Å². The number of carbonyl (C=O) groups is 1. The lowest BCUT2D eigenvalue weighted by Gasteiger charge is -2.33. The quantitative estimate of drug-likeness (QED) is 0.864. The summed E-state index contributed by atoms with van der Waals surface area (Å²) in [6, 6.07) is 9.72. The number of benzene rings is 1. The molecular weight excluding hydrogens is 311 g/mol. The molecule has 5 nitrogen and oxygen atoms in total.